The first-order chi connectivity index (χ1) is 12.8. The molecule has 10 heteroatoms. The molecule has 1 saturated heterocycles. The average Bonchev–Trinajstić information content (AvgIpc) is 2.65. The fourth-order valence-corrected chi connectivity index (χ4v) is 3.28. The number of nitrogens with zero attached hydrogens (tertiary/aromatic N) is 3. The van der Waals surface area contributed by atoms with Gasteiger partial charge in [0, 0.05) is 31.2 Å². The first-order valence-corrected chi connectivity index (χ1v) is 8.96. The monoisotopic (exact) mass is 433 g/mol. The van der Waals surface area contributed by atoms with Crippen molar-refractivity contribution >= 4 is 46.6 Å². The number of hydrogen-bond donors (Lipinski definition) is 0. The van der Waals surface area contributed by atoms with Crippen LogP contribution in [0.4, 0.5) is 8.78 Å². The van der Waals surface area contributed by atoms with E-state index in [1.807, 2.05) is 0 Å². The van der Waals surface area contributed by atoms with Gasteiger partial charge in [0.15, 0.2) is 11.0 Å². The van der Waals surface area contributed by atoms with Crippen molar-refractivity contribution in [2.75, 3.05) is 26.2 Å². The van der Waals surface area contributed by atoms with Crippen molar-refractivity contribution in [2.45, 2.75) is 0 Å². The molecule has 0 spiro atoms. The lowest BCUT2D eigenvalue weighted by molar-refractivity contribution is 0.0532. The van der Waals surface area contributed by atoms with Crippen molar-refractivity contribution in [2.24, 2.45) is 0 Å². The zero-order valence-corrected chi connectivity index (χ0v) is 16.0. The molecule has 1 fully saturated rings. The standard InChI is InChI=1S/C17H12Cl3F2N3O2/c18-9-1-2-12(21)10(7-9)16(26)24-3-5-25(6-4-24)17(27)11-8-13(22)15(20)23-14(11)19/h1-2,7-8H,3-6H2. The average molecular weight is 435 g/mol. The maximum atomic E-state index is 13.9. The van der Waals surface area contributed by atoms with E-state index < -0.39 is 28.6 Å². The second-order valence-corrected chi connectivity index (χ2v) is 6.96. The van der Waals surface area contributed by atoms with E-state index in [0.717, 1.165) is 12.1 Å². The highest BCUT2D eigenvalue weighted by Crippen LogP contribution is 2.23. The first kappa shape index (κ1) is 19.8. The molecule has 2 aromatic rings. The normalized spacial score (nSPS) is 14.4. The number of carbonyl (C=O) groups excluding carboxylic acids is 2. The van der Waals surface area contributed by atoms with E-state index in [0.29, 0.717) is 0 Å². The molecule has 27 heavy (non-hydrogen) atoms. The minimum Gasteiger partial charge on any atom is -0.335 e. The SMILES string of the molecule is O=C(c1cc(Cl)ccc1F)N1CCN(C(=O)c2cc(F)c(Cl)nc2Cl)CC1. The van der Waals surface area contributed by atoms with Crippen LogP contribution in [0.1, 0.15) is 20.7 Å². The van der Waals surface area contributed by atoms with Crippen molar-refractivity contribution in [1.29, 1.82) is 0 Å². The molecule has 1 aromatic heterocycles. The maximum Gasteiger partial charge on any atom is 0.257 e. The summed E-state index contributed by atoms with van der Waals surface area (Å²) in [6.07, 6.45) is 0. The lowest BCUT2D eigenvalue weighted by atomic mass is 10.1. The first-order valence-electron chi connectivity index (χ1n) is 7.83. The van der Waals surface area contributed by atoms with Gasteiger partial charge >= 0.3 is 0 Å². The molecule has 0 unspecified atom stereocenters. The number of rotatable bonds is 2. The van der Waals surface area contributed by atoms with Crippen LogP contribution >= 0.6 is 34.8 Å². The topological polar surface area (TPSA) is 53.5 Å². The van der Waals surface area contributed by atoms with Gasteiger partial charge in [-0.1, -0.05) is 34.8 Å². The summed E-state index contributed by atoms with van der Waals surface area (Å²) in [5.74, 6) is -2.56. The molecule has 0 bridgehead atoms. The van der Waals surface area contributed by atoms with Gasteiger partial charge in [-0.15, -0.1) is 0 Å². The largest absolute Gasteiger partial charge is 0.335 e. The third kappa shape index (κ3) is 4.15. The summed E-state index contributed by atoms with van der Waals surface area (Å²) in [4.78, 5) is 31.4. The minimum atomic E-state index is -0.852. The second-order valence-electron chi connectivity index (χ2n) is 5.81. The second kappa shape index (κ2) is 7.96. The van der Waals surface area contributed by atoms with E-state index in [1.165, 1.54) is 21.9 Å². The number of amides is 2. The molecular formula is C17H12Cl3F2N3O2. The van der Waals surface area contributed by atoms with Gasteiger partial charge in [-0.3, -0.25) is 9.59 Å². The van der Waals surface area contributed by atoms with Crippen molar-refractivity contribution < 1.29 is 18.4 Å². The summed E-state index contributed by atoms with van der Waals surface area (Å²) < 4.78 is 27.5. The maximum absolute atomic E-state index is 13.9. The summed E-state index contributed by atoms with van der Waals surface area (Å²) in [6.45, 7) is 0.704. The van der Waals surface area contributed by atoms with Gasteiger partial charge in [0.2, 0.25) is 0 Å². The molecule has 1 aliphatic rings. The van der Waals surface area contributed by atoms with E-state index in [4.69, 9.17) is 34.8 Å². The molecule has 1 aliphatic heterocycles. The molecule has 3 rings (SSSR count). The fraction of sp³-hybridized carbons (Fsp3) is 0.235. The van der Waals surface area contributed by atoms with E-state index in [1.54, 1.807) is 0 Å². The Bertz CT molecular complexity index is 919. The number of pyridine rings is 1. The molecule has 0 saturated carbocycles. The van der Waals surface area contributed by atoms with Crippen LogP contribution in [-0.2, 0) is 0 Å². The van der Waals surface area contributed by atoms with E-state index >= 15 is 0 Å². The summed E-state index contributed by atoms with van der Waals surface area (Å²) in [5.41, 5.74) is -0.242. The van der Waals surface area contributed by atoms with E-state index in [-0.39, 0.29) is 47.5 Å². The van der Waals surface area contributed by atoms with Crippen LogP contribution in [0.5, 0.6) is 0 Å². The van der Waals surface area contributed by atoms with Crippen LogP contribution in [0.25, 0.3) is 0 Å². The van der Waals surface area contributed by atoms with Crippen LogP contribution in [0, 0.1) is 11.6 Å². The minimum absolute atomic E-state index is 0.112. The number of aromatic nitrogens is 1. The summed E-state index contributed by atoms with van der Waals surface area (Å²) in [7, 11) is 0. The summed E-state index contributed by atoms with van der Waals surface area (Å²) in [5, 5.41) is -0.373. The van der Waals surface area contributed by atoms with Crippen molar-refractivity contribution in [3.05, 3.63) is 62.4 Å². The lowest BCUT2D eigenvalue weighted by Gasteiger charge is -2.35. The van der Waals surface area contributed by atoms with Gasteiger partial charge in [0.25, 0.3) is 11.8 Å². The van der Waals surface area contributed by atoms with Gasteiger partial charge in [-0.2, -0.15) is 0 Å². The molecule has 0 radical (unpaired) electrons. The zero-order valence-electron chi connectivity index (χ0n) is 13.7. The lowest BCUT2D eigenvalue weighted by Crippen LogP contribution is -2.50. The summed E-state index contributed by atoms with van der Waals surface area (Å²) in [6, 6.07) is 4.67. The Morgan fingerprint density at radius 2 is 1.37 bits per heavy atom. The van der Waals surface area contributed by atoms with Crippen LogP contribution in [0.2, 0.25) is 15.3 Å². The Hall–Kier alpha value is -1.96. The molecule has 1 aromatic carbocycles. The van der Waals surface area contributed by atoms with Gasteiger partial charge in [-0.25, -0.2) is 13.8 Å². The molecule has 0 N–H and O–H groups in total. The zero-order chi connectivity index (χ0) is 19.7. The molecule has 5 nitrogen and oxygen atoms in total. The van der Waals surface area contributed by atoms with Crippen LogP contribution < -0.4 is 0 Å². The number of benzene rings is 1. The van der Waals surface area contributed by atoms with Crippen molar-refractivity contribution in [1.82, 2.24) is 14.8 Å². The van der Waals surface area contributed by atoms with Crippen LogP contribution in [0.3, 0.4) is 0 Å². The van der Waals surface area contributed by atoms with Crippen molar-refractivity contribution in [3.8, 4) is 0 Å². The predicted octanol–water partition coefficient (Wildman–Crippen LogP) is 3.92. The van der Waals surface area contributed by atoms with E-state index in [9.17, 15) is 18.4 Å². The summed E-state index contributed by atoms with van der Waals surface area (Å²) >= 11 is 17.2. The number of piperazine rings is 1. The number of hydrogen-bond acceptors (Lipinski definition) is 3. The molecule has 0 atom stereocenters. The third-order valence-electron chi connectivity index (χ3n) is 4.13. The molecule has 0 aliphatic carbocycles. The van der Waals surface area contributed by atoms with Gasteiger partial charge in [-0.05, 0) is 24.3 Å². The Kier molecular flexibility index (Phi) is 5.83. The Morgan fingerprint density at radius 3 is 1.96 bits per heavy atom. The Labute approximate surface area is 168 Å². The van der Waals surface area contributed by atoms with E-state index in [2.05, 4.69) is 4.98 Å². The van der Waals surface area contributed by atoms with Crippen LogP contribution in [-0.4, -0.2) is 52.8 Å². The number of halogens is 5. The number of carbonyl (C=O) groups is 2. The van der Waals surface area contributed by atoms with Crippen LogP contribution in [0.15, 0.2) is 24.3 Å². The van der Waals surface area contributed by atoms with Gasteiger partial charge in [0.1, 0.15) is 11.0 Å². The molecule has 2 heterocycles. The molecule has 142 valence electrons. The smallest absolute Gasteiger partial charge is 0.257 e. The Balaban J connectivity index is 1.70. The fourth-order valence-electron chi connectivity index (χ4n) is 2.71. The molecule has 2 amide bonds. The highest BCUT2D eigenvalue weighted by atomic mass is 35.5. The van der Waals surface area contributed by atoms with Crippen molar-refractivity contribution in [3.63, 3.8) is 0 Å². The third-order valence-corrected chi connectivity index (χ3v) is 4.92. The van der Waals surface area contributed by atoms with Gasteiger partial charge in [0.05, 0.1) is 11.1 Å². The molecular weight excluding hydrogens is 423 g/mol. The predicted molar refractivity (Wildman–Crippen MR) is 97.4 cm³/mol. The Morgan fingerprint density at radius 1 is 0.815 bits per heavy atom. The highest BCUT2D eigenvalue weighted by Gasteiger charge is 2.28. The highest BCUT2D eigenvalue weighted by molar-refractivity contribution is 6.34. The van der Waals surface area contributed by atoms with Gasteiger partial charge < -0.3 is 9.80 Å². The quantitative estimate of drug-likeness (QED) is 0.673.